The number of fused-ring (bicyclic) bond motifs is 1. The second-order valence-corrected chi connectivity index (χ2v) is 10.3. The smallest absolute Gasteiger partial charge is 0.233 e. The van der Waals surface area contributed by atoms with Crippen LogP contribution in [0.4, 0.5) is 28.7 Å². The molecule has 4 aromatic rings. The van der Waals surface area contributed by atoms with Gasteiger partial charge in [0.2, 0.25) is 10.0 Å². The number of H-pyrrole nitrogens is 1. The molecule has 1 aromatic carbocycles. The molecule has 4 heterocycles. The Morgan fingerprint density at radius 2 is 1.92 bits per heavy atom. The molecule has 3 aromatic heterocycles. The Bertz CT molecular complexity index is 1500. The summed E-state index contributed by atoms with van der Waals surface area (Å²) < 4.78 is 30.9. The van der Waals surface area contributed by atoms with Gasteiger partial charge in [-0.2, -0.15) is 0 Å². The SMILES string of the molecule is CNc1cc(N2CCOCC2)ccc1Nc1ncnc2nc(-c3cccnc3N(C)S(C)(=O)=O)[nH]c12. The Hall–Kier alpha value is -3.97. The number of nitrogens with one attached hydrogen (secondary N) is 3. The van der Waals surface area contributed by atoms with Crippen LogP contribution in [0.25, 0.3) is 22.6 Å². The van der Waals surface area contributed by atoms with Gasteiger partial charge in [-0.1, -0.05) is 0 Å². The average molecular weight is 510 g/mol. The van der Waals surface area contributed by atoms with Gasteiger partial charge in [-0.15, -0.1) is 0 Å². The fourth-order valence-electron chi connectivity index (χ4n) is 4.03. The van der Waals surface area contributed by atoms with E-state index in [9.17, 15) is 8.42 Å². The lowest BCUT2D eigenvalue weighted by Gasteiger charge is -2.29. The van der Waals surface area contributed by atoms with E-state index >= 15 is 0 Å². The minimum atomic E-state index is -3.51. The number of hydrogen-bond donors (Lipinski definition) is 3. The van der Waals surface area contributed by atoms with E-state index in [0.717, 1.165) is 40.7 Å². The van der Waals surface area contributed by atoms with Crippen LogP contribution in [0.1, 0.15) is 0 Å². The number of aromatic amines is 1. The van der Waals surface area contributed by atoms with E-state index in [2.05, 4.69) is 52.6 Å². The van der Waals surface area contributed by atoms with Gasteiger partial charge in [-0.25, -0.2) is 28.4 Å². The number of hydrogen-bond acceptors (Lipinski definition) is 10. The van der Waals surface area contributed by atoms with Gasteiger partial charge < -0.3 is 25.3 Å². The number of morpholine rings is 1. The molecule has 0 aliphatic carbocycles. The molecular formula is C23H27N9O3S. The molecule has 0 spiro atoms. The molecule has 0 bridgehead atoms. The highest BCUT2D eigenvalue weighted by atomic mass is 32.2. The predicted octanol–water partition coefficient (Wildman–Crippen LogP) is 2.43. The lowest BCUT2D eigenvalue weighted by atomic mass is 10.2. The van der Waals surface area contributed by atoms with Gasteiger partial charge in [0, 0.05) is 39.1 Å². The normalized spacial score (nSPS) is 14.1. The van der Waals surface area contributed by atoms with Crippen molar-refractivity contribution in [3.63, 3.8) is 0 Å². The van der Waals surface area contributed by atoms with Crippen LogP contribution < -0.4 is 19.8 Å². The number of pyridine rings is 1. The molecule has 3 N–H and O–H groups in total. The molecule has 12 nitrogen and oxygen atoms in total. The van der Waals surface area contributed by atoms with Crippen LogP contribution in [-0.4, -0.2) is 80.0 Å². The molecular weight excluding hydrogens is 482 g/mol. The lowest BCUT2D eigenvalue weighted by Crippen LogP contribution is -2.36. The number of rotatable bonds is 7. The average Bonchev–Trinajstić information content (AvgIpc) is 3.34. The van der Waals surface area contributed by atoms with Crippen LogP contribution in [-0.2, 0) is 14.8 Å². The number of anilines is 5. The summed E-state index contributed by atoms with van der Waals surface area (Å²) in [7, 11) is -0.188. The van der Waals surface area contributed by atoms with E-state index in [-0.39, 0.29) is 5.82 Å². The van der Waals surface area contributed by atoms with E-state index in [1.54, 1.807) is 12.1 Å². The third-order valence-corrected chi connectivity index (χ3v) is 7.20. The number of nitrogens with zero attached hydrogens (tertiary/aromatic N) is 6. The minimum absolute atomic E-state index is 0.262. The van der Waals surface area contributed by atoms with Crippen molar-refractivity contribution in [2.45, 2.75) is 0 Å². The van der Waals surface area contributed by atoms with Crippen molar-refractivity contribution in [3.05, 3.63) is 42.9 Å². The van der Waals surface area contributed by atoms with Gasteiger partial charge in [0.25, 0.3) is 0 Å². The summed E-state index contributed by atoms with van der Waals surface area (Å²) in [5.74, 6) is 1.23. The highest BCUT2D eigenvalue weighted by molar-refractivity contribution is 7.92. The molecule has 1 aliphatic heterocycles. The maximum absolute atomic E-state index is 12.1. The topological polar surface area (TPSA) is 141 Å². The first kappa shape index (κ1) is 23.8. The van der Waals surface area contributed by atoms with Gasteiger partial charge in [0.15, 0.2) is 17.3 Å². The van der Waals surface area contributed by atoms with Gasteiger partial charge in [-0.3, -0.25) is 4.31 Å². The highest BCUT2D eigenvalue weighted by Gasteiger charge is 2.21. The Morgan fingerprint density at radius 3 is 2.67 bits per heavy atom. The largest absolute Gasteiger partial charge is 0.386 e. The maximum atomic E-state index is 12.1. The minimum Gasteiger partial charge on any atom is -0.386 e. The van der Waals surface area contributed by atoms with Gasteiger partial charge in [-0.05, 0) is 30.3 Å². The van der Waals surface area contributed by atoms with Crippen molar-refractivity contribution in [2.24, 2.45) is 0 Å². The predicted molar refractivity (Wildman–Crippen MR) is 140 cm³/mol. The van der Waals surface area contributed by atoms with E-state index in [1.165, 1.54) is 19.6 Å². The number of benzene rings is 1. The van der Waals surface area contributed by atoms with Crippen LogP contribution in [0, 0.1) is 0 Å². The zero-order valence-corrected chi connectivity index (χ0v) is 21.0. The van der Waals surface area contributed by atoms with Gasteiger partial charge in [0.05, 0.1) is 36.4 Å². The molecule has 0 saturated carbocycles. The fourth-order valence-corrected chi connectivity index (χ4v) is 4.49. The van der Waals surface area contributed by atoms with Crippen molar-refractivity contribution in [2.75, 3.05) is 66.5 Å². The third-order valence-electron chi connectivity index (χ3n) is 6.03. The summed E-state index contributed by atoms with van der Waals surface area (Å²) in [4.78, 5) is 23.1. The molecule has 13 heteroatoms. The second-order valence-electron chi connectivity index (χ2n) is 8.32. The molecule has 1 saturated heterocycles. The summed E-state index contributed by atoms with van der Waals surface area (Å²) in [6.07, 6.45) is 4.10. The summed E-state index contributed by atoms with van der Waals surface area (Å²) in [5, 5.41) is 6.62. The summed E-state index contributed by atoms with van der Waals surface area (Å²) in [5.41, 5.74) is 4.42. The first-order valence-electron chi connectivity index (χ1n) is 11.4. The molecule has 0 amide bonds. The molecule has 0 radical (unpaired) electrons. The summed E-state index contributed by atoms with van der Waals surface area (Å²) in [6, 6.07) is 9.64. The molecule has 5 rings (SSSR count). The third kappa shape index (κ3) is 4.62. The maximum Gasteiger partial charge on any atom is 0.233 e. The van der Waals surface area contributed by atoms with Gasteiger partial charge in [0.1, 0.15) is 17.7 Å². The van der Waals surface area contributed by atoms with Crippen molar-refractivity contribution < 1.29 is 13.2 Å². The van der Waals surface area contributed by atoms with Crippen molar-refractivity contribution in [1.82, 2.24) is 24.9 Å². The van der Waals surface area contributed by atoms with Gasteiger partial charge >= 0.3 is 0 Å². The van der Waals surface area contributed by atoms with Crippen molar-refractivity contribution in [3.8, 4) is 11.4 Å². The van der Waals surface area contributed by atoms with E-state index in [1.807, 2.05) is 13.1 Å². The number of ether oxygens (including phenoxy) is 1. The second kappa shape index (κ2) is 9.59. The van der Waals surface area contributed by atoms with Crippen LogP contribution >= 0.6 is 0 Å². The molecule has 36 heavy (non-hydrogen) atoms. The molecule has 188 valence electrons. The molecule has 1 aliphatic rings. The molecule has 0 unspecified atom stereocenters. The standard InChI is InChI=1S/C23H27N9O3S/c1-24-18-13-15(32-9-11-35-12-10-32)6-7-17(18)28-21-19-22(27-14-26-21)30-20(29-19)16-5-4-8-25-23(16)31(2)36(3,33)34/h4-8,13-14,24H,9-12H2,1-3H3,(H2,26,27,28,29,30). The van der Waals surface area contributed by atoms with E-state index in [0.29, 0.717) is 41.6 Å². The van der Waals surface area contributed by atoms with Crippen molar-refractivity contribution >= 4 is 49.9 Å². The zero-order chi connectivity index (χ0) is 25.3. The van der Waals surface area contributed by atoms with Crippen LogP contribution in [0.3, 0.4) is 0 Å². The first-order valence-corrected chi connectivity index (χ1v) is 13.2. The fraction of sp³-hybridized carbons (Fsp3) is 0.304. The lowest BCUT2D eigenvalue weighted by molar-refractivity contribution is 0.122. The molecule has 0 atom stereocenters. The Kier molecular flexibility index (Phi) is 6.33. The Balaban J connectivity index is 1.50. The number of sulfonamides is 1. The summed E-state index contributed by atoms with van der Waals surface area (Å²) in [6.45, 7) is 3.14. The highest BCUT2D eigenvalue weighted by Crippen LogP contribution is 2.33. The zero-order valence-electron chi connectivity index (χ0n) is 20.2. The van der Waals surface area contributed by atoms with Crippen LogP contribution in [0.2, 0.25) is 0 Å². The van der Waals surface area contributed by atoms with E-state index in [4.69, 9.17) is 4.74 Å². The van der Waals surface area contributed by atoms with Crippen LogP contribution in [0.5, 0.6) is 0 Å². The quantitative estimate of drug-likeness (QED) is 0.340. The monoisotopic (exact) mass is 509 g/mol. The summed E-state index contributed by atoms with van der Waals surface area (Å²) >= 11 is 0. The first-order chi connectivity index (χ1) is 17.3. The van der Waals surface area contributed by atoms with E-state index < -0.39 is 10.0 Å². The Labute approximate surface area is 208 Å². The van der Waals surface area contributed by atoms with Crippen LogP contribution in [0.15, 0.2) is 42.9 Å². The number of imidazole rings is 1. The van der Waals surface area contributed by atoms with Crippen molar-refractivity contribution in [1.29, 1.82) is 0 Å². The Morgan fingerprint density at radius 1 is 1.11 bits per heavy atom. The number of aromatic nitrogens is 5. The molecule has 1 fully saturated rings.